The molecule has 17 heavy (non-hydrogen) atoms. The summed E-state index contributed by atoms with van der Waals surface area (Å²) >= 11 is 0. The minimum Gasteiger partial charge on any atom is -0.353 e. The lowest BCUT2D eigenvalue weighted by molar-refractivity contribution is 0.640. The zero-order valence-electron chi connectivity index (χ0n) is 10.1. The standard InChI is InChI=1S/C15H18N2/c1-17-9-5-8-13(17)11-16-15-10-14(15)12-6-3-2-4-7-12/h2-9,14-16H,10-11H2,1H3. The van der Waals surface area contributed by atoms with E-state index in [9.17, 15) is 0 Å². The molecule has 0 spiro atoms. The molecule has 1 aromatic carbocycles. The Morgan fingerprint density at radius 2 is 2.00 bits per heavy atom. The number of aryl methyl sites for hydroxylation is 1. The molecule has 1 heterocycles. The van der Waals surface area contributed by atoms with Crippen LogP contribution in [0.1, 0.15) is 23.6 Å². The number of nitrogens with one attached hydrogen (secondary N) is 1. The van der Waals surface area contributed by atoms with Gasteiger partial charge in [-0.2, -0.15) is 0 Å². The third kappa shape index (κ3) is 2.27. The van der Waals surface area contributed by atoms with Crippen LogP contribution in [0.15, 0.2) is 48.7 Å². The summed E-state index contributed by atoms with van der Waals surface area (Å²) in [6, 6.07) is 15.7. The first-order valence-electron chi connectivity index (χ1n) is 6.23. The molecular weight excluding hydrogens is 208 g/mol. The van der Waals surface area contributed by atoms with Crippen molar-refractivity contribution in [3.63, 3.8) is 0 Å². The molecule has 1 fully saturated rings. The van der Waals surface area contributed by atoms with E-state index in [2.05, 4.69) is 65.6 Å². The van der Waals surface area contributed by atoms with Crippen molar-refractivity contribution < 1.29 is 0 Å². The van der Waals surface area contributed by atoms with Gasteiger partial charge in [-0.15, -0.1) is 0 Å². The van der Waals surface area contributed by atoms with E-state index in [4.69, 9.17) is 0 Å². The van der Waals surface area contributed by atoms with E-state index < -0.39 is 0 Å². The van der Waals surface area contributed by atoms with Gasteiger partial charge in [0.2, 0.25) is 0 Å². The van der Waals surface area contributed by atoms with E-state index in [1.54, 1.807) is 0 Å². The Hall–Kier alpha value is -1.54. The van der Waals surface area contributed by atoms with Gasteiger partial charge in [0.05, 0.1) is 0 Å². The normalized spacial score (nSPS) is 22.6. The van der Waals surface area contributed by atoms with Crippen molar-refractivity contribution in [1.29, 1.82) is 0 Å². The van der Waals surface area contributed by atoms with Crippen molar-refractivity contribution in [3.05, 3.63) is 59.9 Å². The van der Waals surface area contributed by atoms with E-state index in [1.807, 2.05) is 0 Å². The highest BCUT2D eigenvalue weighted by Gasteiger charge is 2.37. The summed E-state index contributed by atoms with van der Waals surface area (Å²) in [6.45, 7) is 0.970. The molecule has 3 rings (SSSR count). The summed E-state index contributed by atoms with van der Waals surface area (Å²) in [5, 5.41) is 3.63. The molecule has 2 unspecified atom stereocenters. The molecule has 0 aliphatic heterocycles. The Morgan fingerprint density at radius 3 is 2.71 bits per heavy atom. The Bertz CT molecular complexity index is 487. The molecule has 1 aliphatic rings. The van der Waals surface area contributed by atoms with Crippen LogP contribution in [-0.2, 0) is 13.6 Å². The van der Waals surface area contributed by atoms with E-state index in [0.717, 1.165) is 12.5 Å². The van der Waals surface area contributed by atoms with Crippen LogP contribution in [0.5, 0.6) is 0 Å². The SMILES string of the molecule is Cn1cccc1CNC1CC1c1ccccc1. The largest absolute Gasteiger partial charge is 0.353 e. The topological polar surface area (TPSA) is 17.0 Å². The molecule has 0 amide bonds. The first kappa shape index (κ1) is 10.6. The van der Waals surface area contributed by atoms with Crippen molar-refractivity contribution in [2.24, 2.45) is 7.05 Å². The molecule has 1 saturated carbocycles. The molecule has 0 saturated heterocycles. The molecule has 0 radical (unpaired) electrons. The predicted molar refractivity (Wildman–Crippen MR) is 69.8 cm³/mol. The lowest BCUT2D eigenvalue weighted by Crippen LogP contribution is -2.18. The lowest BCUT2D eigenvalue weighted by atomic mass is 10.1. The van der Waals surface area contributed by atoms with Gasteiger partial charge < -0.3 is 9.88 Å². The number of rotatable bonds is 4. The molecule has 0 bridgehead atoms. The molecule has 2 heteroatoms. The first-order chi connectivity index (χ1) is 8.34. The van der Waals surface area contributed by atoms with Gasteiger partial charge in [0.25, 0.3) is 0 Å². The number of nitrogens with zero attached hydrogens (tertiary/aromatic N) is 1. The fourth-order valence-electron chi connectivity index (χ4n) is 2.41. The van der Waals surface area contributed by atoms with Gasteiger partial charge in [-0.05, 0) is 24.1 Å². The first-order valence-corrected chi connectivity index (χ1v) is 6.23. The van der Waals surface area contributed by atoms with Gasteiger partial charge in [-0.25, -0.2) is 0 Å². The van der Waals surface area contributed by atoms with E-state index >= 15 is 0 Å². The van der Waals surface area contributed by atoms with E-state index in [0.29, 0.717) is 6.04 Å². The molecule has 2 nitrogen and oxygen atoms in total. The highest BCUT2D eigenvalue weighted by atomic mass is 15.0. The quantitative estimate of drug-likeness (QED) is 0.848. The van der Waals surface area contributed by atoms with Crippen molar-refractivity contribution in [3.8, 4) is 0 Å². The van der Waals surface area contributed by atoms with Gasteiger partial charge in [-0.1, -0.05) is 30.3 Å². The van der Waals surface area contributed by atoms with Crippen molar-refractivity contribution in [1.82, 2.24) is 9.88 Å². The Labute approximate surface area is 102 Å². The van der Waals surface area contributed by atoms with E-state index in [1.165, 1.54) is 17.7 Å². The fraction of sp³-hybridized carbons (Fsp3) is 0.333. The van der Waals surface area contributed by atoms with Gasteiger partial charge >= 0.3 is 0 Å². The zero-order valence-corrected chi connectivity index (χ0v) is 10.1. The van der Waals surface area contributed by atoms with Gasteiger partial charge in [0.1, 0.15) is 0 Å². The third-order valence-electron chi connectivity index (χ3n) is 3.61. The number of aromatic nitrogens is 1. The van der Waals surface area contributed by atoms with Crippen LogP contribution in [0.4, 0.5) is 0 Å². The van der Waals surface area contributed by atoms with E-state index in [-0.39, 0.29) is 0 Å². The molecule has 2 aromatic rings. The molecule has 2 atom stereocenters. The van der Waals surface area contributed by atoms with Gasteiger partial charge in [-0.3, -0.25) is 0 Å². The van der Waals surface area contributed by atoms with Crippen LogP contribution in [0.25, 0.3) is 0 Å². The summed E-state index contributed by atoms with van der Waals surface area (Å²) in [7, 11) is 2.10. The summed E-state index contributed by atoms with van der Waals surface area (Å²) in [4.78, 5) is 0. The summed E-state index contributed by atoms with van der Waals surface area (Å²) in [5.74, 6) is 0.719. The predicted octanol–water partition coefficient (Wildman–Crippen LogP) is 2.67. The second-order valence-electron chi connectivity index (χ2n) is 4.85. The molecule has 88 valence electrons. The second-order valence-corrected chi connectivity index (χ2v) is 4.85. The highest BCUT2D eigenvalue weighted by molar-refractivity contribution is 5.27. The van der Waals surface area contributed by atoms with Crippen LogP contribution < -0.4 is 5.32 Å². The Balaban J connectivity index is 1.55. The van der Waals surface area contributed by atoms with Crippen LogP contribution in [-0.4, -0.2) is 10.6 Å². The van der Waals surface area contributed by atoms with Crippen LogP contribution >= 0.6 is 0 Å². The fourth-order valence-corrected chi connectivity index (χ4v) is 2.41. The average molecular weight is 226 g/mol. The maximum Gasteiger partial charge on any atom is 0.0361 e. The van der Waals surface area contributed by atoms with Crippen LogP contribution in [0, 0.1) is 0 Å². The Morgan fingerprint density at radius 1 is 1.18 bits per heavy atom. The lowest BCUT2D eigenvalue weighted by Gasteiger charge is -2.05. The second kappa shape index (κ2) is 4.38. The average Bonchev–Trinajstić information content (AvgIpc) is 3.04. The van der Waals surface area contributed by atoms with Crippen molar-refractivity contribution in [2.45, 2.75) is 24.9 Å². The number of hydrogen-bond acceptors (Lipinski definition) is 1. The zero-order chi connectivity index (χ0) is 11.7. The summed E-state index contributed by atoms with van der Waals surface area (Å²) < 4.78 is 2.17. The van der Waals surface area contributed by atoms with Gasteiger partial charge in [0.15, 0.2) is 0 Å². The highest BCUT2D eigenvalue weighted by Crippen LogP contribution is 2.40. The maximum absolute atomic E-state index is 3.63. The molecule has 1 aromatic heterocycles. The van der Waals surface area contributed by atoms with Gasteiger partial charge in [0, 0.05) is 37.4 Å². The number of hydrogen-bond donors (Lipinski definition) is 1. The van der Waals surface area contributed by atoms with Crippen LogP contribution in [0.2, 0.25) is 0 Å². The molecule has 1 aliphatic carbocycles. The maximum atomic E-state index is 3.63. The number of benzene rings is 1. The molecule has 1 N–H and O–H groups in total. The van der Waals surface area contributed by atoms with Crippen molar-refractivity contribution >= 4 is 0 Å². The van der Waals surface area contributed by atoms with Crippen LogP contribution in [0.3, 0.4) is 0 Å². The summed E-state index contributed by atoms with van der Waals surface area (Å²) in [5.41, 5.74) is 2.82. The minimum absolute atomic E-state index is 0.660. The van der Waals surface area contributed by atoms with Crippen molar-refractivity contribution in [2.75, 3.05) is 0 Å². The Kier molecular flexibility index (Phi) is 2.73. The molecular formula is C15H18N2. The minimum atomic E-state index is 0.660. The smallest absolute Gasteiger partial charge is 0.0361 e. The monoisotopic (exact) mass is 226 g/mol. The summed E-state index contributed by atoms with van der Waals surface area (Å²) in [6.07, 6.45) is 3.37. The third-order valence-corrected chi connectivity index (χ3v) is 3.61.